The molecule has 0 aromatic heterocycles. The molecule has 0 aliphatic heterocycles. The van der Waals surface area contributed by atoms with Gasteiger partial charge in [0.25, 0.3) is 0 Å². The maximum absolute atomic E-state index is 5.70. The number of hydrazine groups is 1. The van der Waals surface area contributed by atoms with Gasteiger partial charge in [-0.15, -0.1) is 0 Å². The maximum Gasteiger partial charge on any atom is 0.0720 e. The van der Waals surface area contributed by atoms with Crippen molar-refractivity contribution in [3.8, 4) is 0 Å². The molecule has 0 saturated heterocycles. The average molecular weight is 303 g/mol. The van der Waals surface area contributed by atoms with Crippen LogP contribution in [-0.2, 0) is 13.1 Å². The van der Waals surface area contributed by atoms with Crippen LogP contribution in [0.3, 0.4) is 0 Å². The summed E-state index contributed by atoms with van der Waals surface area (Å²) >= 11 is 0. The molecule has 0 heterocycles. The Bertz CT molecular complexity index is 685. The summed E-state index contributed by atoms with van der Waals surface area (Å²) in [5.41, 5.74) is 7.38. The van der Waals surface area contributed by atoms with Crippen molar-refractivity contribution >= 4 is 11.4 Å². The van der Waals surface area contributed by atoms with Gasteiger partial charge in [0.2, 0.25) is 0 Å². The molecule has 0 aliphatic rings. The Morgan fingerprint density at radius 1 is 0.652 bits per heavy atom. The summed E-state index contributed by atoms with van der Waals surface area (Å²) in [6.07, 6.45) is 0. The van der Waals surface area contributed by atoms with Gasteiger partial charge in [-0.3, -0.25) is 5.84 Å². The topological polar surface area (TPSA) is 41.3 Å². The van der Waals surface area contributed by atoms with Crippen molar-refractivity contribution in [1.82, 2.24) is 0 Å². The van der Waals surface area contributed by atoms with Gasteiger partial charge in [0.1, 0.15) is 0 Å². The van der Waals surface area contributed by atoms with Crippen molar-refractivity contribution in [1.29, 1.82) is 0 Å². The summed E-state index contributed by atoms with van der Waals surface area (Å²) in [5, 5.41) is 0. The van der Waals surface area contributed by atoms with Crippen LogP contribution in [0.5, 0.6) is 0 Å². The lowest BCUT2D eigenvalue weighted by molar-refractivity contribution is 0.800. The molecule has 0 unspecified atom stereocenters. The van der Waals surface area contributed by atoms with Gasteiger partial charge in [0.05, 0.1) is 11.4 Å². The molecule has 3 rings (SSSR count). The minimum absolute atomic E-state index is 0.828. The minimum atomic E-state index is 0.828. The number of nitrogen functional groups attached to an aromatic ring is 1. The fourth-order valence-electron chi connectivity index (χ4n) is 2.71. The fraction of sp³-hybridized carbons (Fsp3) is 0.100. The SMILES string of the molecule is NNc1ccccc1N(Cc1ccccc1)Cc1ccccc1. The standard InChI is InChI=1S/C20H21N3/c21-22-19-13-7-8-14-20(19)23(15-17-9-3-1-4-10-17)16-18-11-5-2-6-12-18/h1-14,22H,15-16,21H2. The van der Waals surface area contributed by atoms with Crippen LogP contribution >= 0.6 is 0 Å². The highest BCUT2D eigenvalue weighted by molar-refractivity contribution is 5.69. The van der Waals surface area contributed by atoms with E-state index in [1.165, 1.54) is 11.1 Å². The van der Waals surface area contributed by atoms with Crippen molar-refractivity contribution < 1.29 is 0 Å². The van der Waals surface area contributed by atoms with E-state index < -0.39 is 0 Å². The lowest BCUT2D eigenvalue weighted by Crippen LogP contribution is -2.24. The Morgan fingerprint density at radius 2 is 1.13 bits per heavy atom. The smallest absolute Gasteiger partial charge is 0.0720 e. The molecule has 23 heavy (non-hydrogen) atoms. The zero-order chi connectivity index (χ0) is 15.9. The second-order valence-corrected chi connectivity index (χ2v) is 5.49. The van der Waals surface area contributed by atoms with E-state index in [9.17, 15) is 0 Å². The molecule has 0 amide bonds. The maximum atomic E-state index is 5.70. The summed E-state index contributed by atoms with van der Waals surface area (Å²) in [6.45, 7) is 1.66. The zero-order valence-corrected chi connectivity index (χ0v) is 13.0. The molecule has 0 atom stereocenters. The second kappa shape index (κ2) is 7.47. The third kappa shape index (κ3) is 3.90. The molecular weight excluding hydrogens is 282 g/mol. The molecule has 3 N–H and O–H groups in total. The van der Waals surface area contributed by atoms with Gasteiger partial charge in [-0.1, -0.05) is 72.8 Å². The average Bonchev–Trinajstić information content (AvgIpc) is 2.63. The monoisotopic (exact) mass is 303 g/mol. The zero-order valence-electron chi connectivity index (χ0n) is 13.0. The van der Waals surface area contributed by atoms with Crippen LogP contribution in [-0.4, -0.2) is 0 Å². The van der Waals surface area contributed by atoms with Crippen LogP contribution in [0.2, 0.25) is 0 Å². The van der Waals surface area contributed by atoms with Crippen LogP contribution in [0.4, 0.5) is 11.4 Å². The van der Waals surface area contributed by atoms with Crippen molar-refractivity contribution in [2.75, 3.05) is 10.3 Å². The first-order valence-electron chi connectivity index (χ1n) is 7.75. The van der Waals surface area contributed by atoms with Crippen molar-refractivity contribution in [2.45, 2.75) is 13.1 Å². The largest absolute Gasteiger partial charge is 0.361 e. The van der Waals surface area contributed by atoms with Crippen LogP contribution in [0, 0.1) is 0 Å². The number of benzene rings is 3. The van der Waals surface area contributed by atoms with E-state index in [0.717, 1.165) is 24.5 Å². The summed E-state index contributed by atoms with van der Waals surface area (Å²) in [6, 6.07) is 29.1. The number of nitrogens with one attached hydrogen (secondary N) is 1. The number of para-hydroxylation sites is 2. The van der Waals surface area contributed by atoms with E-state index in [-0.39, 0.29) is 0 Å². The Labute approximate surface area is 137 Å². The highest BCUT2D eigenvalue weighted by Crippen LogP contribution is 2.27. The number of anilines is 2. The van der Waals surface area contributed by atoms with E-state index in [2.05, 4.69) is 64.9 Å². The van der Waals surface area contributed by atoms with Gasteiger partial charge in [0.15, 0.2) is 0 Å². The van der Waals surface area contributed by atoms with Crippen LogP contribution < -0.4 is 16.2 Å². The summed E-state index contributed by atoms with van der Waals surface area (Å²) in [5.74, 6) is 5.70. The van der Waals surface area contributed by atoms with Gasteiger partial charge >= 0.3 is 0 Å². The van der Waals surface area contributed by atoms with E-state index in [4.69, 9.17) is 5.84 Å². The molecule has 3 nitrogen and oxygen atoms in total. The van der Waals surface area contributed by atoms with Gasteiger partial charge < -0.3 is 10.3 Å². The predicted molar refractivity (Wildman–Crippen MR) is 97.0 cm³/mol. The van der Waals surface area contributed by atoms with E-state index in [0.29, 0.717) is 0 Å². The molecule has 3 heteroatoms. The Balaban J connectivity index is 1.92. The molecular formula is C20H21N3. The first kappa shape index (κ1) is 15.1. The van der Waals surface area contributed by atoms with Gasteiger partial charge in [-0.05, 0) is 23.3 Å². The van der Waals surface area contributed by atoms with Crippen molar-refractivity contribution in [2.24, 2.45) is 5.84 Å². The second-order valence-electron chi connectivity index (χ2n) is 5.49. The molecule has 3 aromatic carbocycles. The molecule has 3 aromatic rings. The molecule has 0 aliphatic carbocycles. The predicted octanol–water partition coefficient (Wildman–Crippen LogP) is 4.18. The van der Waals surface area contributed by atoms with Gasteiger partial charge in [-0.25, -0.2) is 0 Å². The molecule has 0 radical (unpaired) electrons. The van der Waals surface area contributed by atoms with E-state index in [1.54, 1.807) is 0 Å². The normalized spacial score (nSPS) is 10.3. The lowest BCUT2D eigenvalue weighted by atomic mass is 10.1. The highest BCUT2D eigenvalue weighted by atomic mass is 15.2. The number of nitrogens with zero attached hydrogens (tertiary/aromatic N) is 1. The fourth-order valence-corrected chi connectivity index (χ4v) is 2.71. The van der Waals surface area contributed by atoms with Crippen molar-refractivity contribution in [3.05, 3.63) is 96.1 Å². The Hall–Kier alpha value is -2.78. The number of rotatable bonds is 6. The van der Waals surface area contributed by atoms with Gasteiger partial charge in [-0.2, -0.15) is 0 Å². The molecule has 0 fully saturated rings. The van der Waals surface area contributed by atoms with E-state index >= 15 is 0 Å². The molecule has 0 bridgehead atoms. The van der Waals surface area contributed by atoms with Crippen molar-refractivity contribution in [3.63, 3.8) is 0 Å². The van der Waals surface area contributed by atoms with Crippen LogP contribution in [0.15, 0.2) is 84.9 Å². The summed E-state index contributed by atoms with van der Waals surface area (Å²) < 4.78 is 0. The molecule has 116 valence electrons. The number of hydrogen-bond donors (Lipinski definition) is 2. The first-order valence-corrected chi connectivity index (χ1v) is 7.75. The van der Waals surface area contributed by atoms with E-state index in [1.807, 2.05) is 30.3 Å². The minimum Gasteiger partial charge on any atom is -0.361 e. The third-order valence-corrected chi connectivity index (χ3v) is 3.83. The third-order valence-electron chi connectivity index (χ3n) is 3.83. The van der Waals surface area contributed by atoms with Gasteiger partial charge in [0, 0.05) is 13.1 Å². The van der Waals surface area contributed by atoms with Crippen LogP contribution in [0.25, 0.3) is 0 Å². The Morgan fingerprint density at radius 3 is 1.65 bits per heavy atom. The highest BCUT2D eigenvalue weighted by Gasteiger charge is 2.12. The quantitative estimate of drug-likeness (QED) is 0.530. The lowest BCUT2D eigenvalue weighted by Gasteiger charge is -2.27. The number of nitrogens with two attached hydrogens (primary N) is 1. The van der Waals surface area contributed by atoms with Crippen LogP contribution in [0.1, 0.15) is 11.1 Å². The first-order chi connectivity index (χ1) is 11.4. The summed E-state index contributed by atoms with van der Waals surface area (Å²) in [4.78, 5) is 2.33. The molecule has 0 spiro atoms. The summed E-state index contributed by atoms with van der Waals surface area (Å²) in [7, 11) is 0. The number of hydrogen-bond acceptors (Lipinski definition) is 3. The Kier molecular flexibility index (Phi) is 4.92. The molecule has 0 saturated carbocycles.